The second-order valence-corrected chi connectivity index (χ2v) is 7.14. The third-order valence-electron chi connectivity index (χ3n) is 4.37. The summed E-state index contributed by atoms with van der Waals surface area (Å²) < 4.78 is 14.0. The first-order valence-electron chi connectivity index (χ1n) is 9.01. The van der Waals surface area contributed by atoms with Gasteiger partial charge in [0.15, 0.2) is 0 Å². The molecule has 0 spiro atoms. The van der Waals surface area contributed by atoms with Gasteiger partial charge in [-0.2, -0.15) is 5.10 Å². The van der Waals surface area contributed by atoms with Gasteiger partial charge in [-0.1, -0.05) is 24.6 Å². The number of aryl methyl sites for hydroxylation is 1. The molecule has 6 heteroatoms. The molecule has 0 aliphatic rings. The van der Waals surface area contributed by atoms with Gasteiger partial charge < -0.3 is 9.47 Å². The van der Waals surface area contributed by atoms with E-state index in [0.29, 0.717) is 18.2 Å². The van der Waals surface area contributed by atoms with Crippen molar-refractivity contribution in [2.24, 2.45) is 0 Å². The molecule has 0 amide bonds. The van der Waals surface area contributed by atoms with Crippen molar-refractivity contribution in [3.8, 4) is 11.5 Å². The van der Waals surface area contributed by atoms with E-state index in [0.717, 1.165) is 29.0 Å². The predicted molar refractivity (Wildman–Crippen MR) is 106 cm³/mol. The molecule has 1 aromatic heterocycles. The van der Waals surface area contributed by atoms with Crippen LogP contribution in [0.15, 0.2) is 55.1 Å². The van der Waals surface area contributed by atoms with Crippen LogP contribution in [0.25, 0.3) is 0 Å². The van der Waals surface area contributed by atoms with Gasteiger partial charge in [0.05, 0.1) is 6.54 Å². The van der Waals surface area contributed by atoms with Gasteiger partial charge in [-0.25, -0.2) is 9.67 Å². The number of hydrogen-bond acceptors (Lipinski definition) is 4. The summed E-state index contributed by atoms with van der Waals surface area (Å²) in [6.07, 6.45) is 4.20. The second-order valence-electron chi connectivity index (χ2n) is 6.71. The fourth-order valence-electron chi connectivity index (χ4n) is 3.09. The minimum Gasteiger partial charge on any atom is -0.457 e. The Morgan fingerprint density at radius 1 is 1.11 bits per heavy atom. The first-order valence-corrected chi connectivity index (χ1v) is 9.39. The molecule has 3 aromatic rings. The van der Waals surface area contributed by atoms with Gasteiger partial charge >= 0.3 is 0 Å². The van der Waals surface area contributed by atoms with Crippen molar-refractivity contribution >= 4 is 11.6 Å². The number of hydrogen-bond donors (Lipinski definition) is 0. The zero-order valence-electron chi connectivity index (χ0n) is 15.9. The summed E-state index contributed by atoms with van der Waals surface area (Å²) in [4.78, 5) is 4.04. The predicted octanol–water partition coefficient (Wildman–Crippen LogP) is 5.37. The Morgan fingerprint density at radius 3 is 2.48 bits per heavy atom. The zero-order chi connectivity index (χ0) is 19.3. The van der Waals surface area contributed by atoms with Gasteiger partial charge in [0.1, 0.15) is 29.8 Å². The monoisotopic (exact) mass is 385 g/mol. The van der Waals surface area contributed by atoms with Crippen LogP contribution in [-0.2, 0) is 16.9 Å². The van der Waals surface area contributed by atoms with Crippen LogP contribution >= 0.6 is 11.6 Å². The topological polar surface area (TPSA) is 49.2 Å². The highest BCUT2D eigenvalue weighted by Crippen LogP contribution is 2.33. The van der Waals surface area contributed by atoms with Crippen molar-refractivity contribution in [2.75, 3.05) is 6.61 Å². The van der Waals surface area contributed by atoms with E-state index < -0.39 is 5.60 Å². The molecule has 0 bridgehead atoms. The van der Waals surface area contributed by atoms with Gasteiger partial charge in [-0.05, 0) is 67.8 Å². The highest BCUT2D eigenvalue weighted by atomic mass is 35.5. The molecule has 1 heterocycles. The number of nitrogens with zero attached hydrogens (tertiary/aromatic N) is 3. The highest BCUT2D eigenvalue weighted by Gasteiger charge is 2.30. The lowest BCUT2D eigenvalue weighted by Crippen LogP contribution is -2.33. The van der Waals surface area contributed by atoms with Crippen molar-refractivity contribution in [1.82, 2.24) is 14.8 Å². The van der Waals surface area contributed by atoms with Crippen LogP contribution in [0.1, 0.15) is 31.4 Å². The summed E-state index contributed by atoms with van der Waals surface area (Å²) in [7, 11) is 0. The lowest BCUT2D eigenvalue weighted by atomic mass is 9.91. The van der Waals surface area contributed by atoms with Crippen LogP contribution in [0.4, 0.5) is 0 Å². The Morgan fingerprint density at radius 2 is 1.85 bits per heavy atom. The number of rotatable bonds is 8. The molecular weight excluding hydrogens is 362 g/mol. The number of aromatic nitrogens is 3. The smallest absolute Gasteiger partial charge is 0.137 e. The molecule has 1 unspecified atom stereocenters. The van der Waals surface area contributed by atoms with Crippen LogP contribution in [0.3, 0.4) is 0 Å². The van der Waals surface area contributed by atoms with Crippen molar-refractivity contribution < 1.29 is 9.47 Å². The average Bonchev–Trinajstić information content (AvgIpc) is 3.15. The molecule has 0 fully saturated rings. The molecular formula is C21H24ClN3O2. The molecule has 0 aliphatic carbocycles. The van der Waals surface area contributed by atoms with Gasteiger partial charge in [-0.3, -0.25) is 0 Å². The maximum absolute atomic E-state index is 6.25. The van der Waals surface area contributed by atoms with Crippen LogP contribution in [0, 0.1) is 6.92 Å². The second kappa shape index (κ2) is 8.55. The lowest BCUT2D eigenvalue weighted by Gasteiger charge is -2.32. The third-order valence-corrected chi connectivity index (χ3v) is 4.62. The van der Waals surface area contributed by atoms with Crippen molar-refractivity contribution in [3.63, 3.8) is 0 Å². The number of benzene rings is 2. The first kappa shape index (κ1) is 19.4. The summed E-state index contributed by atoms with van der Waals surface area (Å²) in [6.45, 7) is 7.52. The Labute approximate surface area is 164 Å². The van der Waals surface area contributed by atoms with Crippen LogP contribution in [-0.4, -0.2) is 21.4 Å². The largest absolute Gasteiger partial charge is 0.457 e. The van der Waals surface area contributed by atoms with E-state index in [4.69, 9.17) is 21.1 Å². The summed E-state index contributed by atoms with van der Waals surface area (Å²) in [5, 5.41) is 4.92. The normalized spacial score (nSPS) is 13.3. The van der Waals surface area contributed by atoms with Gasteiger partial charge in [-0.15, -0.1) is 0 Å². The summed E-state index contributed by atoms with van der Waals surface area (Å²) in [5.74, 6) is 1.52. The number of ether oxygens (including phenoxy) is 2. The summed E-state index contributed by atoms with van der Waals surface area (Å²) in [6, 6.07) is 13.4. The molecule has 142 valence electrons. The molecule has 5 nitrogen and oxygen atoms in total. The van der Waals surface area contributed by atoms with E-state index in [2.05, 4.69) is 36.9 Å². The van der Waals surface area contributed by atoms with Crippen LogP contribution in [0.5, 0.6) is 11.5 Å². The van der Waals surface area contributed by atoms with Crippen molar-refractivity contribution in [1.29, 1.82) is 0 Å². The number of halogens is 1. The van der Waals surface area contributed by atoms with Crippen LogP contribution in [0.2, 0.25) is 5.02 Å². The molecule has 1 atom stereocenters. The maximum atomic E-state index is 6.25. The quantitative estimate of drug-likeness (QED) is 0.522. The molecule has 0 saturated heterocycles. The Hall–Kier alpha value is -2.37. The average molecular weight is 386 g/mol. The molecule has 2 aromatic carbocycles. The Kier molecular flexibility index (Phi) is 6.14. The minimum absolute atomic E-state index is 0.507. The summed E-state index contributed by atoms with van der Waals surface area (Å²) >= 11 is 5.93. The zero-order valence-corrected chi connectivity index (χ0v) is 16.6. The molecule has 0 saturated carbocycles. The molecule has 3 rings (SSSR count). The standard InChI is InChI=1S/C21H24ClN3O2/c1-4-11-26-21(3,13-25-15-23-14-24-25)20-10-9-19(12-16(20)2)27-18-7-5-17(22)6-8-18/h5-10,12,14-15H,4,11,13H2,1-3H3. The van der Waals surface area contributed by atoms with Gasteiger partial charge in [0.25, 0.3) is 0 Å². The fourth-order valence-corrected chi connectivity index (χ4v) is 3.22. The minimum atomic E-state index is -0.507. The Bertz CT molecular complexity index is 866. The SMILES string of the molecule is CCCOC(C)(Cn1cncn1)c1ccc(Oc2ccc(Cl)cc2)cc1C. The van der Waals surface area contributed by atoms with Gasteiger partial charge in [0.2, 0.25) is 0 Å². The lowest BCUT2D eigenvalue weighted by molar-refractivity contribution is -0.0512. The molecule has 0 N–H and O–H groups in total. The Balaban J connectivity index is 1.85. The van der Waals surface area contributed by atoms with E-state index >= 15 is 0 Å². The van der Waals surface area contributed by atoms with E-state index in [-0.39, 0.29) is 0 Å². The molecule has 0 radical (unpaired) electrons. The maximum Gasteiger partial charge on any atom is 0.137 e. The van der Waals surface area contributed by atoms with E-state index in [1.807, 2.05) is 36.4 Å². The molecule has 0 aliphatic heterocycles. The van der Waals surface area contributed by atoms with Crippen molar-refractivity contribution in [3.05, 3.63) is 71.3 Å². The van der Waals surface area contributed by atoms with Gasteiger partial charge in [0, 0.05) is 11.6 Å². The van der Waals surface area contributed by atoms with E-state index in [1.165, 1.54) is 6.33 Å². The highest BCUT2D eigenvalue weighted by molar-refractivity contribution is 6.30. The third kappa shape index (κ3) is 4.87. The fraction of sp³-hybridized carbons (Fsp3) is 0.333. The van der Waals surface area contributed by atoms with Crippen LogP contribution < -0.4 is 4.74 Å². The van der Waals surface area contributed by atoms with E-state index in [1.54, 1.807) is 11.0 Å². The first-order chi connectivity index (χ1) is 13.0. The van der Waals surface area contributed by atoms with E-state index in [9.17, 15) is 0 Å². The summed E-state index contributed by atoms with van der Waals surface area (Å²) in [5.41, 5.74) is 1.70. The molecule has 27 heavy (non-hydrogen) atoms. The van der Waals surface area contributed by atoms with Crippen molar-refractivity contribution in [2.45, 2.75) is 39.3 Å².